The van der Waals surface area contributed by atoms with E-state index in [4.69, 9.17) is 4.74 Å². The van der Waals surface area contributed by atoms with Gasteiger partial charge in [-0.05, 0) is 12.1 Å². The molecule has 0 spiro atoms. The average molecular weight is 251 g/mol. The highest BCUT2D eigenvalue weighted by Crippen LogP contribution is 2.09. The lowest BCUT2D eigenvalue weighted by atomic mass is 10.2. The summed E-state index contributed by atoms with van der Waals surface area (Å²) in [5, 5.41) is 0. The smallest absolute Gasteiger partial charge is 0.236 e. The first kappa shape index (κ1) is 13.1. The molecule has 0 aliphatic carbocycles. The lowest BCUT2D eigenvalue weighted by Crippen LogP contribution is -2.50. The van der Waals surface area contributed by atoms with E-state index < -0.39 is 0 Å². The molecule has 2 heterocycles. The van der Waals surface area contributed by atoms with Gasteiger partial charge in [0.25, 0.3) is 0 Å². The summed E-state index contributed by atoms with van der Waals surface area (Å²) in [5.74, 6) is 0.201. The second-order valence-electron chi connectivity index (χ2n) is 4.69. The second-order valence-corrected chi connectivity index (χ2v) is 4.69. The normalized spacial score (nSPS) is 17.4. The number of amides is 1. The van der Waals surface area contributed by atoms with Crippen LogP contribution in [0.2, 0.25) is 0 Å². The van der Waals surface area contributed by atoms with Gasteiger partial charge in [0.1, 0.15) is 0 Å². The van der Waals surface area contributed by atoms with Crippen molar-refractivity contribution in [3.05, 3.63) is 24.0 Å². The number of rotatable bonds is 5. The van der Waals surface area contributed by atoms with Gasteiger partial charge in [-0.15, -0.1) is 0 Å². The Balaban J connectivity index is 1.85. The molecule has 0 bridgehead atoms. The fourth-order valence-electron chi connectivity index (χ4n) is 2.22. The van der Waals surface area contributed by atoms with Crippen molar-refractivity contribution in [1.82, 2.24) is 14.4 Å². The Morgan fingerprint density at radius 2 is 2.22 bits per heavy atom. The molecule has 0 aromatic carbocycles. The van der Waals surface area contributed by atoms with Crippen molar-refractivity contribution in [2.24, 2.45) is 7.05 Å². The first-order valence-electron chi connectivity index (χ1n) is 6.30. The van der Waals surface area contributed by atoms with Crippen molar-refractivity contribution in [2.75, 3.05) is 39.9 Å². The molecule has 18 heavy (non-hydrogen) atoms. The summed E-state index contributed by atoms with van der Waals surface area (Å²) in [5.41, 5.74) is 1.24. The van der Waals surface area contributed by atoms with Crippen molar-refractivity contribution in [3.63, 3.8) is 0 Å². The number of aryl methyl sites for hydroxylation is 1. The van der Waals surface area contributed by atoms with Gasteiger partial charge in [-0.1, -0.05) is 0 Å². The Hall–Kier alpha value is -1.33. The van der Waals surface area contributed by atoms with Crippen molar-refractivity contribution < 1.29 is 9.53 Å². The summed E-state index contributed by atoms with van der Waals surface area (Å²) in [6.07, 6.45) is 2.03. The lowest BCUT2D eigenvalue weighted by Gasteiger charge is -2.34. The molecule has 1 amide bonds. The van der Waals surface area contributed by atoms with Gasteiger partial charge in [0, 0.05) is 52.2 Å². The van der Waals surface area contributed by atoms with E-state index in [0.29, 0.717) is 19.7 Å². The quantitative estimate of drug-likeness (QED) is 0.756. The molecule has 5 heteroatoms. The number of nitrogens with zero attached hydrogens (tertiary/aromatic N) is 3. The molecule has 1 aromatic rings. The predicted octanol–water partition coefficient (Wildman–Crippen LogP) is 0.316. The SMILES string of the molecule is COCCN1CCN(Cc2cccn2C)CC1=O. The summed E-state index contributed by atoms with van der Waals surface area (Å²) in [6, 6.07) is 4.13. The van der Waals surface area contributed by atoms with E-state index in [-0.39, 0.29) is 5.91 Å². The Labute approximate surface area is 108 Å². The number of hydrogen-bond acceptors (Lipinski definition) is 3. The third kappa shape index (κ3) is 3.11. The number of carbonyl (C=O) groups excluding carboxylic acids is 1. The Bertz CT molecular complexity index is 403. The van der Waals surface area contributed by atoms with Crippen LogP contribution in [-0.2, 0) is 23.1 Å². The second kappa shape index (κ2) is 6.02. The molecular formula is C13H21N3O2. The average Bonchev–Trinajstić information content (AvgIpc) is 2.74. The van der Waals surface area contributed by atoms with Gasteiger partial charge in [-0.25, -0.2) is 0 Å². The maximum Gasteiger partial charge on any atom is 0.236 e. The fourth-order valence-corrected chi connectivity index (χ4v) is 2.22. The molecule has 0 unspecified atom stereocenters. The van der Waals surface area contributed by atoms with Crippen LogP contribution in [-0.4, -0.2) is 60.2 Å². The Morgan fingerprint density at radius 3 is 2.83 bits per heavy atom. The minimum atomic E-state index is 0.201. The van der Waals surface area contributed by atoms with Gasteiger partial charge < -0.3 is 14.2 Å². The Kier molecular flexibility index (Phi) is 4.38. The van der Waals surface area contributed by atoms with E-state index >= 15 is 0 Å². The molecule has 2 rings (SSSR count). The monoisotopic (exact) mass is 251 g/mol. The molecule has 1 saturated heterocycles. The summed E-state index contributed by atoms with van der Waals surface area (Å²) in [7, 11) is 3.70. The van der Waals surface area contributed by atoms with Crippen LogP contribution in [0.25, 0.3) is 0 Å². The molecule has 1 aliphatic heterocycles. The van der Waals surface area contributed by atoms with Crippen LogP contribution < -0.4 is 0 Å². The highest BCUT2D eigenvalue weighted by Gasteiger charge is 2.23. The van der Waals surface area contributed by atoms with Crippen LogP contribution in [0.4, 0.5) is 0 Å². The van der Waals surface area contributed by atoms with Gasteiger partial charge in [0.2, 0.25) is 5.91 Å². The summed E-state index contributed by atoms with van der Waals surface area (Å²) in [4.78, 5) is 16.0. The summed E-state index contributed by atoms with van der Waals surface area (Å²) in [6.45, 7) is 4.40. The molecule has 100 valence electrons. The third-order valence-corrected chi connectivity index (χ3v) is 3.40. The van der Waals surface area contributed by atoms with Crippen LogP contribution in [0.15, 0.2) is 18.3 Å². The van der Waals surface area contributed by atoms with Crippen LogP contribution >= 0.6 is 0 Å². The summed E-state index contributed by atoms with van der Waals surface area (Å²) >= 11 is 0. The first-order valence-corrected chi connectivity index (χ1v) is 6.30. The zero-order valence-corrected chi connectivity index (χ0v) is 11.1. The van der Waals surface area contributed by atoms with Crippen LogP contribution in [0.5, 0.6) is 0 Å². The minimum Gasteiger partial charge on any atom is -0.383 e. The highest BCUT2D eigenvalue weighted by atomic mass is 16.5. The van der Waals surface area contributed by atoms with Crippen molar-refractivity contribution in [3.8, 4) is 0 Å². The largest absolute Gasteiger partial charge is 0.383 e. The van der Waals surface area contributed by atoms with E-state index in [1.165, 1.54) is 5.69 Å². The lowest BCUT2D eigenvalue weighted by molar-refractivity contribution is -0.136. The molecule has 0 atom stereocenters. The van der Waals surface area contributed by atoms with Crippen LogP contribution in [0, 0.1) is 0 Å². The maximum atomic E-state index is 11.9. The molecule has 0 radical (unpaired) electrons. The van der Waals surface area contributed by atoms with Gasteiger partial charge in [-0.2, -0.15) is 0 Å². The van der Waals surface area contributed by atoms with E-state index in [9.17, 15) is 4.79 Å². The zero-order valence-electron chi connectivity index (χ0n) is 11.1. The van der Waals surface area contributed by atoms with E-state index in [1.807, 2.05) is 24.2 Å². The number of carbonyl (C=O) groups is 1. The number of methoxy groups -OCH3 is 1. The molecule has 0 saturated carbocycles. The highest BCUT2D eigenvalue weighted by molar-refractivity contribution is 5.79. The molecule has 1 aromatic heterocycles. The number of piperazine rings is 1. The number of aromatic nitrogens is 1. The van der Waals surface area contributed by atoms with Gasteiger partial charge >= 0.3 is 0 Å². The molecule has 5 nitrogen and oxygen atoms in total. The third-order valence-electron chi connectivity index (χ3n) is 3.40. The van der Waals surface area contributed by atoms with Gasteiger partial charge in [-0.3, -0.25) is 9.69 Å². The van der Waals surface area contributed by atoms with E-state index in [0.717, 1.165) is 19.6 Å². The maximum absolute atomic E-state index is 11.9. The van der Waals surface area contributed by atoms with E-state index in [1.54, 1.807) is 7.11 Å². The molecule has 1 aliphatic rings. The minimum absolute atomic E-state index is 0.201. The van der Waals surface area contributed by atoms with Gasteiger partial charge in [0.05, 0.1) is 13.2 Å². The van der Waals surface area contributed by atoms with Crippen LogP contribution in [0.3, 0.4) is 0 Å². The van der Waals surface area contributed by atoms with Gasteiger partial charge in [0.15, 0.2) is 0 Å². The van der Waals surface area contributed by atoms with Crippen molar-refractivity contribution in [1.29, 1.82) is 0 Å². The number of hydrogen-bond donors (Lipinski definition) is 0. The molecule has 0 N–H and O–H groups in total. The Morgan fingerprint density at radius 1 is 1.39 bits per heavy atom. The topological polar surface area (TPSA) is 37.7 Å². The fraction of sp³-hybridized carbons (Fsp3) is 0.615. The molecular weight excluding hydrogens is 230 g/mol. The van der Waals surface area contributed by atoms with E-state index in [2.05, 4.69) is 15.5 Å². The number of ether oxygens (including phenoxy) is 1. The first-order chi connectivity index (χ1) is 8.70. The standard InChI is InChI=1S/C13H21N3O2/c1-14-5-3-4-12(14)10-15-6-7-16(8-9-18-2)13(17)11-15/h3-5H,6-11H2,1-2H3. The van der Waals surface area contributed by atoms with Crippen LogP contribution in [0.1, 0.15) is 5.69 Å². The summed E-state index contributed by atoms with van der Waals surface area (Å²) < 4.78 is 7.11. The van der Waals surface area contributed by atoms with Crippen molar-refractivity contribution >= 4 is 5.91 Å². The zero-order chi connectivity index (χ0) is 13.0. The predicted molar refractivity (Wildman–Crippen MR) is 69.1 cm³/mol. The van der Waals surface area contributed by atoms with Crippen molar-refractivity contribution in [2.45, 2.75) is 6.54 Å². The molecule has 1 fully saturated rings.